The summed E-state index contributed by atoms with van der Waals surface area (Å²) >= 11 is 2.80. The second-order valence-electron chi connectivity index (χ2n) is 6.58. The molecule has 2 heterocycles. The molecule has 0 aliphatic rings. The zero-order valence-corrected chi connectivity index (χ0v) is 18.0. The maximum atomic E-state index is 12.4. The van der Waals surface area contributed by atoms with Gasteiger partial charge in [0.15, 0.2) is 5.78 Å². The summed E-state index contributed by atoms with van der Waals surface area (Å²) in [6.07, 6.45) is 0. The number of nitro benzene ring substituents is 1. The highest BCUT2D eigenvalue weighted by Crippen LogP contribution is 2.34. The Bertz CT molecular complexity index is 1240. The zero-order chi connectivity index (χ0) is 21.8. The van der Waals surface area contributed by atoms with Gasteiger partial charge < -0.3 is 0 Å². The van der Waals surface area contributed by atoms with E-state index in [2.05, 4.69) is 15.2 Å². The van der Waals surface area contributed by atoms with E-state index in [4.69, 9.17) is 0 Å². The molecule has 31 heavy (non-hydrogen) atoms. The molecule has 0 saturated carbocycles. The molecule has 0 atom stereocenters. The van der Waals surface area contributed by atoms with Crippen molar-refractivity contribution in [2.45, 2.75) is 11.9 Å². The Morgan fingerprint density at radius 1 is 1.06 bits per heavy atom. The third kappa shape index (κ3) is 4.84. The molecule has 9 heteroatoms. The normalized spacial score (nSPS) is 10.7. The van der Waals surface area contributed by atoms with Crippen LogP contribution in [0.4, 0.5) is 5.69 Å². The van der Waals surface area contributed by atoms with Gasteiger partial charge in [-0.3, -0.25) is 14.9 Å². The number of nitrogens with zero attached hydrogens (tertiary/aromatic N) is 4. The maximum absolute atomic E-state index is 12.4. The van der Waals surface area contributed by atoms with E-state index in [-0.39, 0.29) is 17.2 Å². The van der Waals surface area contributed by atoms with Crippen LogP contribution in [0.2, 0.25) is 0 Å². The van der Waals surface area contributed by atoms with E-state index in [0.29, 0.717) is 10.6 Å². The number of aromatic nitrogens is 3. The molecular formula is C22H16N4O3S2. The summed E-state index contributed by atoms with van der Waals surface area (Å²) in [7, 11) is 0. The van der Waals surface area contributed by atoms with Crippen LogP contribution in [0.3, 0.4) is 0 Å². The van der Waals surface area contributed by atoms with E-state index < -0.39 is 4.92 Å². The molecule has 2 aromatic heterocycles. The van der Waals surface area contributed by atoms with Crippen LogP contribution < -0.4 is 0 Å². The predicted molar refractivity (Wildman–Crippen MR) is 121 cm³/mol. The SMILES string of the molecule is Cc1nc(-c2ccccc2)sc1-c1ccc(SCC(=O)c2cccc([N+](=O)[O-])c2)nn1. The van der Waals surface area contributed by atoms with Crippen LogP contribution in [-0.4, -0.2) is 31.6 Å². The molecule has 7 nitrogen and oxygen atoms in total. The number of Topliss-reactive ketones (excluding diaryl/α,β-unsaturated/α-hetero) is 1. The standard InChI is InChI=1S/C22H16N4O3S2/c1-14-21(31-22(23-14)15-6-3-2-4-7-15)18-10-11-20(25-24-18)30-13-19(27)16-8-5-9-17(12-16)26(28)29/h2-12H,13H2,1H3. The molecule has 4 rings (SSSR count). The first kappa shape index (κ1) is 20.8. The van der Waals surface area contributed by atoms with Crippen molar-refractivity contribution in [3.8, 4) is 21.1 Å². The number of non-ortho nitro benzene ring substituents is 1. The van der Waals surface area contributed by atoms with Crippen molar-refractivity contribution in [2.75, 3.05) is 5.75 Å². The number of benzene rings is 2. The number of rotatable bonds is 7. The molecule has 4 aromatic rings. The smallest absolute Gasteiger partial charge is 0.270 e. The highest BCUT2D eigenvalue weighted by Gasteiger charge is 2.15. The summed E-state index contributed by atoms with van der Waals surface area (Å²) in [6.45, 7) is 1.94. The molecule has 0 fully saturated rings. The average Bonchev–Trinajstić information content (AvgIpc) is 3.20. The molecule has 0 aliphatic heterocycles. The van der Waals surface area contributed by atoms with E-state index in [9.17, 15) is 14.9 Å². The van der Waals surface area contributed by atoms with E-state index >= 15 is 0 Å². The van der Waals surface area contributed by atoms with Gasteiger partial charge in [-0.1, -0.05) is 54.2 Å². The minimum absolute atomic E-state index is 0.102. The van der Waals surface area contributed by atoms with Crippen LogP contribution in [-0.2, 0) is 0 Å². The number of thiazole rings is 1. The largest absolute Gasteiger partial charge is 0.293 e. The number of hydrogen-bond donors (Lipinski definition) is 0. The summed E-state index contributed by atoms with van der Waals surface area (Å²) in [5.74, 6) is -0.0854. The van der Waals surface area contributed by atoms with Gasteiger partial charge in [-0.2, -0.15) is 0 Å². The average molecular weight is 449 g/mol. The van der Waals surface area contributed by atoms with Crippen LogP contribution in [0, 0.1) is 17.0 Å². The fourth-order valence-corrected chi connectivity index (χ4v) is 4.62. The van der Waals surface area contributed by atoms with Gasteiger partial charge in [-0.25, -0.2) is 4.98 Å². The predicted octanol–water partition coefficient (Wildman–Crippen LogP) is 5.46. The molecule has 0 unspecified atom stereocenters. The molecular weight excluding hydrogens is 432 g/mol. The lowest BCUT2D eigenvalue weighted by molar-refractivity contribution is -0.384. The first-order chi connectivity index (χ1) is 15.0. The van der Waals surface area contributed by atoms with Crippen LogP contribution >= 0.6 is 23.1 Å². The Morgan fingerprint density at radius 3 is 2.58 bits per heavy atom. The number of thioether (sulfide) groups is 1. The van der Waals surface area contributed by atoms with Gasteiger partial charge in [-0.15, -0.1) is 21.5 Å². The number of nitro groups is 1. The Kier molecular flexibility index (Phi) is 6.15. The van der Waals surface area contributed by atoms with Gasteiger partial charge in [0.25, 0.3) is 5.69 Å². The molecule has 154 valence electrons. The molecule has 0 amide bonds. The molecule has 0 N–H and O–H groups in total. The fourth-order valence-electron chi connectivity index (χ4n) is 2.87. The first-order valence-corrected chi connectivity index (χ1v) is 11.1. The monoisotopic (exact) mass is 448 g/mol. The lowest BCUT2D eigenvalue weighted by Gasteiger charge is -2.02. The highest BCUT2D eigenvalue weighted by molar-refractivity contribution is 7.99. The lowest BCUT2D eigenvalue weighted by Crippen LogP contribution is -2.03. The minimum atomic E-state index is -0.515. The van der Waals surface area contributed by atoms with Crippen LogP contribution in [0.1, 0.15) is 16.1 Å². The van der Waals surface area contributed by atoms with Crippen LogP contribution in [0.5, 0.6) is 0 Å². The van der Waals surface area contributed by atoms with Gasteiger partial charge in [0.2, 0.25) is 0 Å². The first-order valence-electron chi connectivity index (χ1n) is 9.28. The van der Waals surface area contributed by atoms with Crippen molar-refractivity contribution in [3.05, 3.63) is 88.1 Å². The Morgan fingerprint density at radius 2 is 1.87 bits per heavy atom. The van der Waals surface area contributed by atoms with Crippen LogP contribution in [0.25, 0.3) is 21.1 Å². The van der Waals surface area contributed by atoms with Gasteiger partial charge in [-0.05, 0) is 19.1 Å². The summed E-state index contributed by atoms with van der Waals surface area (Å²) in [5.41, 5.74) is 2.88. The number of aryl methyl sites for hydroxylation is 1. The van der Waals surface area contributed by atoms with Crippen LogP contribution in [0.15, 0.2) is 71.8 Å². The van der Waals surface area contributed by atoms with E-state index in [1.807, 2.05) is 49.4 Å². The maximum Gasteiger partial charge on any atom is 0.270 e. The van der Waals surface area contributed by atoms with Gasteiger partial charge >= 0.3 is 0 Å². The molecule has 0 saturated heterocycles. The summed E-state index contributed by atoms with van der Waals surface area (Å²) in [5, 5.41) is 20.9. The van der Waals surface area contributed by atoms with Gasteiger partial charge in [0.1, 0.15) is 15.7 Å². The number of hydrogen-bond acceptors (Lipinski definition) is 8. The van der Waals surface area contributed by atoms with Gasteiger partial charge in [0, 0.05) is 23.3 Å². The minimum Gasteiger partial charge on any atom is -0.293 e. The van der Waals surface area contributed by atoms with Crippen molar-refractivity contribution >= 4 is 34.6 Å². The topological polar surface area (TPSA) is 98.9 Å². The molecule has 2 aromatic carbocycles. The number of carbonyl (C=O) groups is 1. The Labute approximate surface area is 186 Å². The lowest BCUT2D eigenvalue weighted by atomic mass is 10.1. The molecule has 0 radical (unpaired) electrons. The molecule has 0 aliphatic carbocycles. The van der Waals surface area contributed by atoms with Crippen molar-refractivity contribution in [1.82, 2.24) is 15.2 Å². The number of carbonyl (C=O) groups excluding carboxylic acids is 1. The quantitative estimate of drug-likeness (QED) is 0.160. The van der Waals surface area contributed by atoms with Crippen molar-refractivity contribution in [1.29, 1.82) is 0 Å². The number of ketones is 1. The molecule has 0 spiro atoms. The fraction of sp³-hybridized carbons (Fsp3) is 0.0909. The second-order valence-corrected chi connectivity index (χ2v) is 8.57. The van der Waals surface area contributed by atoms with E-state index in [1.54, 1.807) is 17.4 Å². The summed E-state index contributed by atoms with van der Waals surface area (Å²) in [6, 6.07) is 19.4. The molecule has 0 bridgehead atoms. The van der Waals surface area contributed by atoms with Crippen molar-refractivity contribution in [3.63, 3.8) is 0 Å². The Hall–Kier alpha value is -3.43. The van der Waals surface area contributed by atoms with E-state index in [1.165, 1.54) is 30.0 Å². The summed E-state index contributed by atoms with van der Waals surface area (Å²) < 4.78 is 0. The van der Waals surface area contributed by atoms with Crippen molar-refractivity contribution < 1.29 is 9.72 Å². The van der Waals surface area contributed by atoms with E-state index in [0.717, 1.165) is 26.8 Å². The Balaban J connectivity index is 1.44. The second kappa shape index (κ2) is 9.15. The zero-order valence-electron chi connectivity index (χ0n) is 16.4. The van der Waals surface area contributed by atoms with Gasteiger partial charge in [0.05, 0.1) is 21.2 Å². The summed E-state index contributed by atoms with van der Waals surface area (Å²) in [4.78, 5) is 28.3. The third-order valence-corrected chi connectivity index (χ3v) is 6.57. The van der Waals surface area contributed by atoms with Crippen molar-refractivity contribution in [2.24, 2.45) is 0 Å². The third-order valence-electron chi connectivity index (χ3n) is 4.42. The highest BCUT2D eigenvalue weighted by atomic mass is 32.2.